The molecule has 0 aliphatic rings. The highest BCUT2D eigenvalue weighted by Gasteiger charge is 2.26. The monoisotopic (exact) mass is 255 g/mol. The van der Waals surface area contributed by atoms with Crippen molar-refractivity contribution in [2.24, 2.45) is 17.3 Å². The fourth-order valence-corrected chi connectivity index (χ4v) is 2.99. The molecule has 18 heavy (non-hydrogen) atoms. The van der Waals surface area contributed by atoms with E-state index in [4.69, 9.17) is 0 Å². The molecule has 0 saturated carbocycles. The molecule has 0 heterocycles. The second kappa shape index (κ2) is 8.19. The first-order valence-corrected chi connectivity index (χ1v) is 7.92. The van der Waals surface area contributed by atoms with Crippen molar-refractivity contribution >= 4 is 0 Å². The Morgan fingerprint density at radius 3 is 1.94 bits per heavy atom. The largest absolute Gasteiger partial charge is 0.307 e. The standard InChI is InChI=1S/C17H37N/c1-9-11-17(6,10-2)13-15(4)14(3)12-16(5)18(7)8/h14-16H,9-13H2,1-8H3. The minimum absolute atomic E-state index is 0.559. The lowest BCUT2D eigenvalue weighted by Gasteiger charge is -2.35. The van der Waals surface area contributed by atoms with Crippen LogP contribution in [0.25, 0.3) is 0 Å². The fourth-order valence-electron chi connectivity index (χ4n) is 2.99. The normalized spacial score (nSPS) is 20.5. The summed E-state index contributed by atoms with van der Waals surface area (Å²) in [5, 5.41) is 0. The summed E-state index contributed by atoms with van der Waals surface area (Å²) in [6.07, 6.45) is 6.73. The fraction of sp³-hybridized carbons (Fsp3) is 1.00. The third-order valence-corrected chi connectivity index (χ3v) is 5.09. The van der Waals surface area contributed by atoms with Crippen LogP contribution in [-0.2, 0) is 0 Å². The molecule has 0 spiro atoms. The van der Waals surface area contributed by atoms with Crippen molar-refractivity contribution in [1.29, 1.82) is 0 Å². The van der Waals surface area contributed by atoms with Crippen LogP contribution >= 0.6 is 0 Å². The summed E-state index contributed by atoms with van der Waals surface area (Å²) in [7, 11) is 4.38. The number of hydrogen-bond donors (Lipinski definition) is 0. The average molecular weight is 255 g/mol. The molecule has 0 bridgehead atoms. The first-order valence-electron chi connectivity index (χ1n) is 7.92. The van der Waals surface area contributed by atoms with Gasteiger partial charge in [-0.3, -0.25) is 0 Å². The first-order chi connectivity index (χ1) is 8.25. The minimum Gasteiger partial charge on any atom is -0.307 e. The highest BCUT2D eigenvalue weighted by molar-refractivity contribution is 4.78. The van der Waals surface area contributed by atoms with E-state index in [2.05, 4.69) is 60.5 Å². The van der Waals surface area contributed by atoms with Crippen LogP contribution in [0.5, 0.6) is 0 Å². The highest BCUT2D eigenvalue weighted by Crippen LogP contribution is 2.37. The van der Waals surface area contributed by atoms with E-state index in [9.17, 15) is 0 Å². The zero-order valence-corrected chi connectivity index (χ0v) is 14.2. The molecule has 110 valence electrons. The summed E-state index contributed by atoms with van der Waals surface area (Å²) in [5.74, 6) is 1.66. The van der Waals surface area contributed by atoms with Crippen LogP contribution in [0.4, 0.5) is 0 Å². The molecule has 0 aromatic rings. The number of nitrogens with zero attached hydrogens (tertiary/aromatic N) is 1. The Labute approximate surface area is 116 Å². The van der Waals surface area contributed by atoms with E-state index in [0.717, 1.165) is 11.8 Å². The van der Waals surface area contributed by atoms with Crippen molar-refractivity contribution in [3.63, 3.8) is 0 Å². The lowest BCUT2D eigenvalue weighted by atomic mass is 9.72. The summed E-state index contributed by atoms with van der Waals surface area (Å²) < 4.78 is 0. The molecular formula is C17H37N. The van der Waals surface area contributed by atoms with Gasteiger partial charge < -0.3 is 4.90 Å². The lowest BCUT2D eigenvalue weighted by molar-refractivity contribution is 0.162. The van der Waals surface area contributed by atoms with Gasteiger partial charge in [0.05, 0.1) is 0 Å². The van der Waals surface area contributed by atoms with E-state index in [1.807, 2.05) is 0 Å². The topological polar surface area (TPSA) is 3.24 Å². The number of hydrogen-bond acceptors (Lipinski definition) is 1. The summed E-state index contributed by atoms with van der Waals surface area (Å²) in [6, 6.07) is 0.696. The molecule has 0 aromatic heterocycles. The van der Waals surface area contributed by atoms with Crippen molar-refractivity contribution in [3.8, 4) is 0 Å². The molecule has 0 amide bonds. The van der Waals surface area contributed by atoms with Crippen LogP contribution < -0.4 is 0 Å². The van der Waals surface area contributed by atoms with Crippen molar-refractivity contribution < 1.29 is 0 Å². The Kier molecular flexibility index (Phi) is 8.18. The summed E-state index contributed by atoms with van der Waals surface area (Å²) in [4.78, 5) is 2.34. The van der Waals surface area contributed by atoms with Gasteiger partial charge in [-0.05, 0) is 57.5 Å². The summed E-state index contributed by atoms with van der Waals surface area (Å²) >= 11 is 0. The summed E-state index contributed by atoms with van der Waals surface area (Å²) in [6.45, 7) is 14.4. The molecule has 0 fully saturated rings. The van der Waals surface area contributed by atoms with Gasteiger partial charge in [-0.15, -0.1) is 0 Å². The van der Waals surface area contributed by atoms with Crippen LogP contribution in [-0.4, -0.2) is 25.0 Å². The zero-order chi connectivity index (χ0) is 14.3. The Morgan fingerprint density at radius 2 is 1.56 bits per heavy atom. The van der Waals surface area contributed by atoms with E-state index in [1.165, 1.54) is 32.1 Å². The summed E-state index contributed by atoms with van der Waals surface area (Å²) in [5.41, 5.74) is 0.559. The van der Waals surface area contributed by atoms with E-state index < -0.39 is 0 Å². The van der Waals surface area contributed by atoms with Gasteiger partial charge in [-0.2, -0.15) is 0 Å². The maximum atomic E-state index is 2.48. The van der Waals surface area contributed by atoms with Gasteiger partial charge in [0.15, 0.2) is 0 Å². The molecule has 4 atom stereocenters. The third kappa shape index (κ3) is 6.22. The molecule has 0 saturated heterocycles. The SMILES string of the molecule is CCCC(C)(CC)CC(C)C(C)CC(C)N(C)C. The molecule has 0 rings (SSSR count). The van der Waals surface area contributed by atoms with Crippen LogP contribution in [0.2, 0.25) is 0 Å². The average Bonchev–Trinajstić information content (AvgIpc) is 2.28. The van der Waals surface area contributed by atoms with Crippen molar-refractivity contribution in [3.05, 3.63) is 0 Å². The van der Waals surface area contributed by atoms with E-state index in [-0.39, 0.29) is 0 Å². The molecule has 0 N–H and O–H groups in total. The third-order valence-electron chi connectivity index (χ3n) is 5.09. The molecule has 4 unspecified atom stereocenters. The van der Waals surface area contributed by atoms with Gasteiger partial charge >= 0.3 is 0 Å². The first kappa shape index (κ1) is 18.0. The predicted octanol–water partition coefficient (Wildman–Crippen LogP) is 5.21. The van der Waals surface area contributed by atoms with Gasteiger partial charge in [-0.25, -0.2) is 0 Å². The smallest absolute Gasteiger partial charge is 0.00634 e. The van der Waals surface area contributed by atoms with Crippen LogP contribution in [0.15, 0.2) is 0 Å². The van der Waals surface area contributed by atoms with Gasteiger partial charge in [0.25, 0.3) is 0 Å². The van der Waals surface area contributed by atoms with Gasteiger partial charge in [0.2, 0.25) is 0 Å². The van der Waals surface area contributed by atoms with E-state index in [1.54, 1.807) is 0 Å². The molecule has 0 radical (unpaired) electrons. The molecule has 0 aromatic carbocycles. The van der Waals surface area contributed by atoms with E-state index in [0.29, 0.717) is 11.5 Å². The lowest BCUT2D eigenvalue weighted by Crippen LogP contribution is -2.29. The second-order valence-electron chi connectivity index (χ2n) is 7.12. The van der Waals surface area contributed by atoms with Crippen molar-refractivity contribution in [2.45, 2.75) is 79.7 Å². The highest BCUT2D eigenvalue weighted by atomic mass is 15.1. The Balaban J connectivity index is 4.33. The zero-order valence-electron chi connectivity index (χ0n) is 14.2. The molecule has 0 aliphatic carbocycles. The van der Waals surface area contributed by atoms with E-state index >= 15 is 0 Å². The number of rotatable bonds is 9. The van der Waals surface area contributed by atoms with Crippen LogP contribution in [0, 0.1) is 17.3 Å². The van der Waals surface area contributed by atoms with Gasteiger partial charge in [0.1, 0.15) is 0 Å². The molecule has 0 aliphatic heterocycles. The quantitative estimate of drug-likeness (QED) is 0.547. The van der Waals surface area contributed by atoms with Crippen LogP contribution in [0.3, 0.4) is 0 Å². The Hall–Kier alpha value is -0.0400. The predicted molar refractivity (Wildman–Crippen MR) is 84.0 cm³/mol. The molecule has 1 heteroatoms. The maximum absolute atomic E-state index is 2.48. The van der Waals surface area contributed by atoms with Crippen LogP contribution in [0.1, 0.15) is 73.6 Å². The Morgan fingerprint density at radius 1 is 1.00 bits per heavy atom. The maximum Gasteiger partial charge on any atom is 0.00634 e. The Bertz CT molecular complexity index is 212. The minimum atomic E-state index is 0.559. The van der Waals surface area contributed by atoms with Gasteiger partial charge in [0, 0.05) is 6.04 Å². The second-order valence-corrected chi connectivity index (χ2v) is 7.12. The van der Waals surface area contributed by atoms with Gasteiger partial charge in [-0.1, -0.05) is 47.5 Å². The molecule has 1 nitrogen and oxygen atoms in total. The van der Waals surface area contributed by atoms with Crippen molar-refractivity contribution in [2.75, 3.05) is 14.1 Å². The molecular weight excluding hydrogens is 218 g/mol. The van der Waals surface area contributed by atoms with Crippen molar-refractivity contribution in [1.82, 2.24) is 4.90 Å².